The molecule has 156 valence electrons. The summed E-state index contributed by atoms with van der Waals surface area (Å²) in [7, 11) is 0. The SMILES string of the molecule is CC(C)(C)OC(=O)N[C@H]1CCCN(Cc2ccc(Br)cc2N2CCCCC2)C1. The Morgan fingerprint density at radius 3 is 2.64 bits per heavy atom. The number of likely N-dealkylation sites (tertiary alicyclic amines) is 1. The molecule has 1 amide bonds. The number of nitrogens with one attached hydrogen (secondary N) is 1. The standard InChI is InChI=1S/C22H34BrN3O2/c1-22(2,3)28-21(27)24-19-8-7-11-25(16-19)15-17-9-10-18(23)14-20(17)26-12-5-4-6-13-26/h9-10,14,19H,4-8,11-13,15-16H2,1-3H3,(H,24,27)/t19-/m0/s1. The highest BCUT2D eigenvalue weighted by Crippen LogP contribution is 2.29. The van der Waals surface area contributed by atoms with Crippen molar-refractivity contribution in [3.63, 3.8) is 0 Å². The summed E-state index contributed by atoms with van der Waals surface area (Å²) in [4.78, 5) is 17.1. The van der Waals surface area contributed by atoms with Crippen molar-refractivity contribution in [3.05, 3.63) is 28.2 Å². The normalized spacial score (nSPS) is 21.4. The zero-order valence-corrected chi connectivity index (χ0v) is 19.1. The van der Waals surface area contributed by atoms with Gasteiger partial charge in [0.2, 0.25) is 0 Å². The fraction of sp³-hybridized carbons (Fsp3) is 0.682. The molecule has 1 aromatic carbocycles. The number of halogens is 1. The van der Waals surface area contributed by atoms with Crippen molar-refractivity contribution in [2.45, 2.75) is 71.1 Å². The molecule has 2 saturated heterocycles. The van der Waals surface area contributed by atoms with E-state index >= 15 is 0 Å². The molecule has 1 N–H and O–H groups in total. The molecule has 3 rings (SSSR count). The lowest BCUT2D eigenvalue weighted by Crippen LogP contribution is -2.48. The number of hydrogen-bond donors (Lipinski definition) is 1. The molecular formula is C22H34BrN3O2. The lowest BCUT2D eigenvalue weighted by atomic mass is 10.0. The summed E-state index contributed by atoms with van der Waals surface area (Å²) in [6, 6.07) is 6.81. The Balaban J connectivity index is 1.62. The molecule has 0 radical (unpaired) electrons. The number of alkyl carbamates (subject to hydrolysis) is 1. The van der Waals surface area contributed by atoms with Crippen LogP contribution in [0.1, 0.15) is 58.4 Å². The summed E-state index contributed by atoms with van der Waals surface area (Å²) >= 11 is 3.65. The molecule has 0 saturated carbocycles. The second kappa shape index (κ2) is 9.49. The van der Waals surface area contributed by atoms with Gasteiger partial charge in [-0.25, -0.2) is 4.79 Å². The zero-order chi connectivity index (χ0) is 20.1. The number of benzene rings is 1. The summed E-state index contributed by atoms with van der Waals surface area (Å²) in [5, 5.41) is 3.06. The predicted molar refractivity (Wildman–Crippen MR) is 118 cm³/mol. The minimum absolute atomic E-state index is 0.150. The molecule has 0 aromatic heterocycles. The maximum Gasteiger partial charge on any atom is 0.407 e. The third-order valence-corrected chi connectivity index (χ3v) is 5.86. The van der Waals surface area contributed by atoms with Crippen molar-refractivity contribution in [3.8, 4) is 0 Å². The Bertz CT molecular complexity index is 668. The highest BCUT2D eigenvalue weighted by molar-refractivity contribution is 9.10. The van der Waals surface area contributed by atoms with E-state index in [0.717, 1.165) is 50.0 Å². The first-order valence-electron chi connectivity index (χ1n) is 10.6. The minimum Gasteiger partial charge on any atom is -0.444 e. The van der Waals surface area contributed by atoms with Crippen LogP contribution in [0.25, 0.3) is 0 Å². The smallest absolute Gasteiger partial charge is 0.407 e. The number of rotatable bonds is 4. The van der Waals surface area contributed by atoms with Gasteiger partial charge in [-0.15, -0.1) is 0 Å². The second-order valence-corrected chi connectivity index (χ2v) is 9.96. The van der Waals surface area contributed by atoms with E-state index < -0.39 is 5.60 Å². The van der Waals surface area contributed by atoms with E-state index in [9.17, 15) is 4.79 Å². The summed E-state index contributed by atoms with van der Waals surface area (Å²) in [6.07, 6.45) is 5.68. The fourth-order valence-corrected chi connectivity index (χ4v) is 4.48. The first kappa shape index (κ1) is 21.4. The second-order valence-electron chi connectivity index (χ2n) is 9.04. The van der Waals surface area contributed by atoms with Crippen LogP contribution >= 0.6 is 15.9 Å². The highest BCUT2D eigenvalue weighted by Gasteiger charge is 2.25. The first-order valence-corrected chi connectivity index (χ1v) is 11.3. The molecule has 0 spiro atoms. The van der Waals surface area contributed by atoms with Crippen LogP contribution in [0.4, 0.5) is 10.5 Å². The van der Waals surface area contributed by atoms with Crippen LogP contribution in [0.2, 0.25) is 0 Å². The van der Waals surface area contributed by atoms with Crippen LogP contribution in [-0.4, -0.2) is 48.8 Å². The van der Waals surface area contributed by atoms with Crippen LogP contribution in [0, 0.1) is 0 Å². The average Bonchev–Trinajstić information content (AvgIpc) is 2.62. The Labute approximate surface area is 177 Å². The third-order valence-electron chi connectivity index (χ3n) is 5.36. The fourth-order valence-electron chi connectivity index (χ4n) is 4.13. The largest absolute Gasteiger partial charge is 0.444 e. The number of nitrogens with zero attached hydrogens (tertiary/aromatic N) is 2. The van der Waals surface area contributed by atoms with Gasteiger partial charge in [-0.3, -0.25) is 4.90 Å². The molecule has 1 aromatic rings. The number of carbonyl (C=O) groups is 1. The molecule has 0 aliphatic carbocycles. The van der Waals surface area contributed by atoms with Gasteiger partial charge in [0, 0.05) is 42.4 Å². The van der Waals surface area contributed by atoms with E-state index in [1.54, 1.807) is 0 Å². The number of amides is 1. The molecule has 2 heterocycles. The van der Waals surface area contributed by atoms with Crippen molar-refractivity contribution < 1.29 is 9.53 Å². The predicted octanol–water partition coefficient (Wildman–Crippen LogP) is 4.93. The van der Waals surface area contributed by atoms with Gasteiger partial charge in [0.15, 0.2) is 0 Å². The summed E-state index contributed by atoms with van der Waals surface area (Å²) in [6.45, 7) is 10.8. The van der Waals surface area contributed by atoms with E-state index in [0.29, 0.717) is 0 Å². The van der Waals surface area contributed by atoms with Crippen LogP contribution in [0.3, 0.4) is 0 Å². The maximum atomic E-state index is 12.1. The van der Waals surface area contributed by atoms with E-state index in [1.165, 1.54) is 30.5 Å². The Hall–Kier alpha value is -1.27. The summed E-state index contributed by atoms with van der Waals surface area (Å²) < 4.78 is 6.56. The quantitative estimate of drug-likeness (QED) is 0.704. The molecule has 0 bridgehead atoms. The van der Waals surface area contributed by atoms with E-state index in [2.05, 4.69) is 49.2 Å². The highest BCUT2D eigenvalue weighted by atomic mass is 79.9. The Morgan fingerprint density at radius 2 is 1.93 bits per heavy atom. The van der Waals surface area contributed by atoms with Crippen molar-refractivity contribution in [1.82, 2.24) is 10.2 Å². The Morgan fingerprint density at radius 1 is 1.18 bits per heavy atom. The molecule has 0 unspecified atom stereocenters. The molecular weight excluding hydrogens is 418 g/mol. The molecule has 28 heavy (non-hydrogen) atoms. The summed E-state index contributed by atoms with van der Waals surface area (Å²) in [5.41, 5.74) is 2.28. The zero-order valence-electron chi connectivity index (χ0n) is 17.5. The molecule has 2 fully saturated rings. The van der Waals surface area contributed by atoms with Crippen molar-refractivity contribution in [2.24, 2.45) is 0 Å². The van der Waals surface area contributed by atoms with Crippen LogP contribution in [0.15, 0.2) is 22.7 Å². The van der Waals surface area contributed by atoms with Gasteiger partial charge in [-0.1, -0.05) is 22.0 Å². The van der Waals surface area contributed by atoms with E-state index in [1.807, 2.05) is 20.8 Å². The average molecular weight is 452 g/mol. The van der Waals surface area contributed by atoms with Gasteiger partial charge in [0.25, 0.3) is 0 Å². The van der Waals surface area contributed by atoms with Crippen molar-refractivity contribution >= 4 is 27.7 Å². The molecule has 6 heteroatoms. The van der Waals surface area contributed by atoms with Gasteiger partial charge in [0.05, 0.1) is 0 Å². The van der Waals surface area contributed by atoms with Gasteiger partial charge in [-0.05, 0) is 77.1 Å². The van der Waals surface area contributed by atoms with Crippen molar-refractivity contribution in [2.75, 3.05) is 31.1 Å². The molecule has 2 aliphatic rings. The monoisotopic (exact) mass is 451 g/mol. The van der Waals surface area contributed by atoms with E-state index in [-0.39, 0.29) is 12.1 Å². The number of hydrogen-bond acceptors (Lipinski definition) is 4. The molecule has 5 nitrogen and oxygen atoms in total. The first-order chi connectivity index (χ1) is 13.3. The van der Waals surface area contributed by atoms with E-state index in [4.69, 9.17) is 4.74 Å². The topological polar surface area (TPSA) is 44.8 Å². The number of ether oxygens (including phenoxy) is 1. The minimum atomic E-state index is -0.459. The number of carbonyl (C=O) groups excluding carboxylic acids is 1. The van der Waals surface area contributed by atoms with Gasteiger partial charge in [0.1, 0.15) is 5.60 Å². The van der Waals surface area contributed by atoms with Crippen LogP contribution in [0.5, 0.6) is 0 Å². The lowest BCUT2D eigenvalue weighted by Gasteiger charge is -2.35. The van der Waals surface area contributed by atoms with Gasteiger partial charge < -0.3 is 15.0 Å². The summed E-state index contributed by atoms with van der Waals surface area (Å²) in [5.74, 6) is 0. The maximum absolute atomic E-state index is 12.1. The third kappa shape index (κ3) is 6.38. The van der Waals surface area contributed by atoms with Crippen LogP contribution in [-0.2, 0) is 11.3 Å². The van der Waals surface area contributed by atoms with Gasteiger partial charge in [-0.2, -0.15) is 0 Å². The van der Waals surface area contributed by atoms with Crippen LogP contribution < -0.4 is 10.2 Å². The van der Waals surface area contributed by atoms with Gasteiger partial charge >= 0.3 is 6.09 Å². The Kier molecular flexibility index (Phi) is 7.26. The number of anilines is 1. The van der Waals surface area contributed by atoms with Crippen molar-refractivity contribution in [1.29, 1.82) is 0 Å². The molecule has 1 atom stereocenters. The number of piperidine rings is 2. The molecule has 2 aliphatic heterocycles. The lowest BCUT2D eigenvalue weighted by molar-refractivity contribution is 0.0470.